The number of hydrogen-bond acceptors (Lipinski definition) is 1. The number of aryl methyl sites for hydroxylation is 1. The molecule has 1 aromatic carbocycles. The fourth-order valence-corrected chi connectivity index (χ4v) is 2.29. The maximum absolute atomic E-state index is 5.17. The summed E-state index contributed by atoms with van der Waals surface area (Å²) in [6.07, 6.45) is 0.998. The summed E-state index contributed by atoms with van der Waals surface area (Å²) in [6.45, 7) is 2.13. The predicted molar refractivity (Wildman–Crippen MR) is 61.9 cm³/mol. The number of methoxy groups -OCH3 is 1. The number of H-pyrrole nitrogens is 1. The van der Waals surface area contributed by atoms with Crippen molar-refractivity contribution in [1.82, 2.24) is 4.98 Å². The van der Waals surface area contributed by atoms with Gasteiger partial charge in [0.2, 0.25) is 0 Å². The monoisotopic (exact) mass is 253 g/mol. The second-order valence-electron chi connectivity index (χ2n) is 3.18. The van der Waals surface area contributed by atoms with E-state index in [0.29, 0.717) is 0 Å². The smallest absolute Gasteiger partial charge is 0.120 e. The number of rotatable bonds is 2. The number of benzene rings is 1. The molecule has 1 heterocycles. The highest BCUT2D eigenvalue weighted by Crippen LogP contribution is 2.30. The van der Waals surface area contributed by atoms with E-state index in [1.165, 1.54) is 11.1 Å². The summed E-state index contributed by atoms with van der Waals surface area (Å²) in [5.41, 5.74) is 2.35. The number of aromatic nitrogens is 1. The molecule has 0 aliphatic heterocycles. The van der Waals surface area contributed by atoms with E-state index in [2.05, 4.69) is 33.9 Å². The van der Waals surface area contributed by atoms with E-state index in [9.17, 15) is 0 Å². The molecule has 2 aromatic rings. The number of fused-ring (bicyclic) bond motifs is 1. The molecule has 0 aliphatic carbocycles. The van der Waals surface area contributed by atoms with Crippen LogP contribution in [0.1, 0.15) is 12.6 Å². The number of nitrogens with one attached hydrogen (secondary N) is 1. The van der Waals surface area contributed by atoms with Crippen molar-refractivity contribution in [2.45, 2.75) is 13.3 Å². The van der Waals surface area contributed by atoms with Gasteiger partial charge in [0.05, 0.1) is 12.6 Å². The molecule has 0 saturated carbocycles. The Balaban J connectivity index is 2.66. The van der Waals surface area contributed by atoms with Gasteiger partial charge in [-0.15, -0.1) is 0 Å². The lowest BCUT2D eigenvalue weighted by Crippen LogP contribution is -1.81. The molecule has 1 aromatic heterocycles. The summed E-state index contributed by atoms with van der Waals surface area (Å²) in [4.78, 5) is 3.36. The van der Waals surface area contributed by atoms with Crippen molar-refractivity contribution in [3.05, 3.63) is 28.4 Å². The van der Waals surface area contributed by atoms with Crippen molar-refractivity contribution in [2.75, 3.05) is 7.11 Å². The molecular formula is C11H12BrNO. The highest BCUT2D eigenvalue weighted by atomic mass is 79.9. The molecule has 0 fully saturated rings. The van der Waals surface area contributed by atoms with Crippen LogP contribution in [0.2, 0.25) is 0 Å². The second-order valence-corrected chi connectivity index (χ2v) is 3.98. The van der Waals surface area contributed by atoms with Crippen molar-refractivity contribution in [1.29, 1.82) is 0 Å². The Morgan fingerprint density at radius 3 is 2.86 bits per heavy atom. The Labute approximate surface area is 91.4 Å². The third-order valence-corrected chi connectivity index (χ3v) is 3.27. The minimum absolute atomic E-state index is 0.883. The van der Waals surface area contributed by atoms with Crippen LogP contribution < -0.4 is 4.74 Å². The lowest BCUT2D eigenvalue weighted by atomic mass is 10.2. The molecule has 0 saturated heterocycles. The minimum atomic E-state index is 0.883. The second kappa shape index (κ2) is 3.65. The molecule has 3 heteroatoms. The fraction of sp³-hybridized carbons (Fsp3) is 0.273. The van der Waals surface area contributed by atoms with E-state index >= 15 is 0 Å². The van der Waals surface area contributed by atoms with E-state index in [4.69, 9.17) is 4.74 Å². The highest BCUT2D eigenvalue weighted by Gasteiger charge is 2.07. The largest absolute Gasteiger partial charge is 0.497 e. The van der Waals surface area contributed by atoms with Gasteiger partial charge in [0.25, 0.3) is 0 Å². The lowest BCUT2D eigenvalue weighted by Gasteiger charge is -1.98. The van der Waals surface area contributed by atoms with Crippen molar-refractivity contribution in [3.8, 4) is 5.75 Å². The van der Waals surface area contributed by atoms with E-state index in [-0.39, 0.29) is 0 Å². The topological polar surface area (TPSA) is 25.0 Å². The van der Waals surface area contributed by atoms with Gasteiger partial charge in [0.1, 0.15) is 5.75 Å². The van der Waals surface area contributed by atoms with Crippen molar-refractivity contribution in [3.63, 3.8) is 0 Å². The fourth-order valence-electron chi connectivity index (χ4n) is 1.57. The van der Waals surface area contributed by atoms with Crippen LogP contribution in [-0.2, 0) is 6.42 Å². The van der Waals surface area contributed by atoms with Crippen molar-refractivity contribution >= 4 is 26.8 Å². The van der Waals surface area contributed by atoms with Crippen LogP contribution in [0.4, 0.5) is 0 Å². The van der Waals surface area contributed by atoms with Gasteiger partial charge >= 0.3 is 0 Å². The van der Waals surface area contributed by atoms with E-state index in [0.717, 1.165) is 22.2 Å². The van der Waals surface area contributed by atoms with E-state index in [1.54, 1.807) is 7.11 Å². The molecule has 0 bridgehead atoms. The summed E-state index contributed by atoms with van der Waals surface area (Å²) in [7, 11) is 1.68. The molecule has 1 N–H and O–H groups in total. The standard InChI is InChI=1S/C11H12BrNO/c1-3-9-11(12)8-5-4-7(14-2)6-10(8)13-9/h4-6,13H,3H2,1-2H3. The van der Waals surface area contributed by atoms with Gasteiger partial charge in [-0.25, -0.2) is 0 Å². The summed E-state index contributed by atoms with van der Waals surface area (Å²) in [6, 6.07) is 6.05. The Hall–Kier alpha value is -0.960. The van der Waals surface area contributed by atoms with Crippen LogP contribution in [0.15, 0.2) is 22.7 Å². The molecular weight excluding hydrogens is 242 g/mol. The van der Waals surface area contributed by atoms with Crippen LogP contribution in [0.25, 0.3) is 10.9 Å². The average molecular weight is 254 g/mol. The molecule has 74 valence electrons. The molecule has 0 spiro atoms. The lowest BCUT2D eigenvalue weighted by molar-refractivity contribution is 0.415. The molecule has 2 nitrogen and oxygen atoms in total. The Bertz CT molecular complexity index is 462. The highest BCUT2D eigenvalue weighted by molar-refractivity contribution is 9.10. The maximum atomic E-state index is 5.17. The van der Waals surface area contributed by atoms with E-state index < -0.39 is 0 Å². The first kappa shape index (κ1) is 9.59. The maximum Gasteiger partial charge on any atom is 0.120 e. The van der Waals surface area contributed by atoms with Gasteiger partial charge in [0, 0.05) is 21.6 Å². The Kier molecular flexibility index (Phi) is 2.50. The zero-order chi connectivity index (χ0) is 10.1. The van der Waals surface area contributed by atoms with Crippen molar-refractivity contribution in [2.24, 2.45) is 0 Å². The van der Waals surface area contributed by atoms with Gasteiger partial charge in [-0.2, -0.15) is 0 Å². The van der Waals surface area contributed by atoms with Crippen molar-refractivity contribution < 1.29 is 4.74 Å². The Morgan fingerprint density at radius 1 is 1.43 bits per heavy atom. The van der Waals surface area contributed by atoms with Gasteiger partial charge in [-0.05, 0) is 34.5 Å². The third-order valence-electron chi connectivity index (χ3n) is 2.37. The van der Waals surface area contributed by atoms with Gasteiger partial charge in [0.15, 0.2) is 0 Å². The average Bonchev–Trinajstić information content (AvgIpc) is 2.55. The van der Waals surface area contributed by atoms with Crippen LogP contribution >= 0.6 is 15.9 Å². The first-order valence-corrected chi connectivity index (χ1v) is 5.39. The summed E-state index contributed by atoms with van der Waals surface area (Å²) >= 11 is 3.59. The minimum Gasteiger partial charge on any atom is -0.497 e. The van der Waals surface area contributed by atoms with Crippen LogP contribution in [0, 0.1) is 0 Å². The van der Waals surface area contributed by atoms with Gasteiger partial charge in [-0.3, -0.25) is 0 Å². The normalized spacial score (nSPS) is 10.8. The SMILES string of the molecule is CCc1[nH]c2cc(OC)ccc2c1Br. The van der Waals surface area contributed by atoms with Gasteiger partial charge < -0.3 is 9.72 Å². The van der Waals surface area contributed by atoms with Gasteiger partial charge in [-0.1, -0.05) is 6.92 Å². The number of aromatic amines is 1. The molecule has 14 heavy (non-hydrogen) atoms. The van der Waals surface area contributed by atoms with E-state index in [1.807, 2.05) is 12.1 Å². The predicted octanol–water partition coefficient (Wildman–Crippen LogP) is 3.50. The van der Waals surface area contributed by atoms with Crippen LogP contribution in [0.3, 0.4) is 0 Å². The number of halogens is 1. The quantitative estimate of drug-likeness (QED) is 0.871. The van der Waals surface area contributed by atoms with Crippen LogP contribution in [-0.4, -0.2) is 12.1 Å². The van der Waals surface area contributed by atoms with Crippen LogP contribution in [0.5, 0.6) is 5.75 Å². The summed E-state index contributed by atoms with van der Waals surface area (Å²) in [5, 5.41) is 1.21. The molecule has 0 radical (unpaired) electrons. The molecule has 0 amide bonds. The summed E-state index contributed by atoms with van der Waals surface area (Å²) < 4.78 is 6.33. The molecule has 2 rings (SSSR count). The molecule has 0 aliphatic rings. The third kappa shape index (κ3) is 1.42. The molecule has 0 unspecified atom stereocenters. The number of ether oxygens (including phenoxy) is 1. The first-order chi connectivity index (χ1) is 6.76. The number of hydrogen-bond donors (Lipinski definition) is 1. The zero-order valence-electron chi connectivity index (χ0n) is 8.23. The Morgan fingerprint density at radius 2 is 2.21 bits per heavy atom. The molecule has 0 atom stereocenters. The first-order valence-electron chi connectivity index (χ1n) is 4.60. The summed E-state index contributed by atoms with van der Waals surface area (Å²) in [5.74, 6) is 0.883. The zero-order valence-corrected chi connectivity index (χ0v) is 9.81.